The fourth-order valence-corrected chi connectivity index (χ4v) is 1.92. The summed E-state index contributed by atoms with van der Waals surface area (Å²) in [5.41, 5.74) is 3.69. The van der Waals surface area contributed by atoms with Gasteiger partial charge in [-0.05, 0) is 29.7 Å². The molecule has 2 aromatic rings. The van der Waals surface area contributed by atoms with E-state index in [2.05, 4.69) is 41.7 Å². The molecule has 0 saturated carbocycles. The first-order valence-corrected chi connectivity index (χ1v) is 6.29. The van der Waals surface area contributed by atoms with Crippen LogP contribution in [0.15, 0.2) is 54.6 Å². The molecule has 0 aromatic heterocycles. The first-order chi connectivity index (χ1) is 8.75. The Bertz CT molecular complexity index is 479. The number of hydrogen-bond acceptors (Lipinski definition) is 2. The zero-order valence-corrected chi connectivity index (χ0v) is 10.6. The van der Waals surface area contributed by atoms with Crippen molar-refractivity contribution in [1.29, 1.82) is 0 Å². The normalized spacial score (nSPS) is 12.3. The first-order valence-electron chi connectivity index (χ1n) is 6.29. The molecule has 0 bridgehead atoms. The molecule has 94 valence electrons. The van der Waals surface area contributed by atoms with Crippen LogP contribution in [0.5, 0.6) is 0 Å². The SMILES string of the molecule is CC(O)CNCc1cccc(-c2ccccc2)c1. The maximum absolute atomic E-state index is 9.20. The summed E-state index contributed by atoms with van der Waals surface area (Å²) in [6.07, 6.45) is -0.303. The van der Waals surface area contributed by atoms with E-state index in [1.165, 1.54) is 16.7 Å². The van der Waals surface area contributed by atoms with Crippen LogP contribution in [-0.4, -0.2) is 17.8 Å². The summed E-state index contributed by atoms with van der Waals surface area (Å²) in [4.78, 5) is 0. The van der Waals surface area contributed by atoms with Gasteiger partial charge in [0.25, 0.3) is 0 Å². The standard InChI is InChI=1S/C16H19NO/c1-13(18)11-17-12-14-6-5-9-16(10-14)15-7-3-2-4-8-15/h2-10,13,17-18H,11-12H2,1H3. The molecule has 1 atom stereocenters. The van der Waals surface area contributed by atoms with Crippen molar-refractivity contribution >= 4 is 0 Å². The second-order valence-electron chi connectivity index (χ2n) is 4.55. The van der Waals surface area contributed by atoms with Crippen LogP contribution in [0.25, 0.3) is 11.1 Å². The van der Waals surface area contributed by atoms with Gasteiger partial charge in [-0.25, -0.2) is 0 Å². The minimum Gasteiger partial charge on any atom is -0.392 e. The molecule has 18 heavy (non-hydrogen) atoms. The van der Waals surface area contributed by atoms with Gasteiger partial charge in [0.05, 0.1) is 6.10 Å². The predicted octanol–water partition coefficient (Wildman–Crippen LogP) is 2.82. The van der Waals surface area contributed by atoms with Crippen LogP contribution in [0.2, 0.25) is 0 Å². The van der Waals surface area contributed by atoms with E-state index in [1.807, 2.05) is 18.2 Å². The maximum atomic E-state index is 9.20. The molecule has 2 nitrogen and oxygen atoms in total. The quantitative estimate of drug-likeness (QED) is 0.843. The number of hydrogen-bond donors (Lipinski definition) is 2. The Labute approximate surface area is 108 Å². The van der Waals surface area contributed by atoms with Crippen molar-refractivity contribution in [2.75, 3.05) is 6.54 Å². The molecule has 0 aliphatic heterocycles. The number of aliphatic hydroxyl groups excluding tert-OH is 1. The van der Waals surface area contributed by atoms with Gasteiger partial charge < -0.3 is 10.4 Å². The highest BCUT2D eigenvalue weighted by molar-refractivity contribution is 5.63. The van der Waals surface area contributed by atoms with Gasteiger partial charge in [-0.3, -0.25) is 0 Å². The van der Waals surface area contributed by atoms with Crippen LogP contribution in [0.4, 0.5) is 0 Å². The largest absolute Gasteiger partial charge is 0.392 e. The Morgan fingerprint density at radius 1 is 1.00 bits per heavy atom. The van der Waals surface area contributed by atoms with Gasteiger partial charge in [-0.1, -0.05) is 48.5 Å². The molecule has 2 rings (SSSR count). The topological polar surface area (TPSA) is 32.3 Å². The van der Waals surface area contributed by atoms with Crippen LogP contribution in [-0.2, 0) is 6.54 Å². The monoisotopic (exact) mass is 241 g/mol. The lowest BCUT2D eigenvalue weighted by atomic mass is 10.0. The lowest BCUT2D eigenvalue weighted by molar-refractivity contribution is 0.191. The highest BCUT2D eigenvalue weighted by Crippen LogP contribution is 2.19. The zero-order valence-electron chi connectivity index (χ0n) is 10.6. The lowest BCUT2D eigenvalue weighted by Crippen LogP contribution is -2.23. The van der Waals surface area contributed by atoms with E-state index in [4.69, 9.17) is 0 Å². The summed E-state index contributed by atoms with van der Waals surface area (Å²) in [6.45, 7) is 3.19. The summed E-state index contributed by atoms with van der Waals surface area (Å²) in [5.74, 6) is 0. The number of rotatable bonds is 5. The third-order valence-electron chi connectivity index (χ3n) is 2.80. The molecule has 2 aromatic carbocycles. The molecule has 2 N–H and O–H groups in total. The van der Waals surface area contributed by atoms with Crippen molar-refractivity contribution in [1.82, 2.24) is 5.32 Å². The Balaban J connectivity index is 2.06. The summed E-state index contributed by atoms with van der Waals surface area (Å²) in [6, 6.07) is 18.8. The first kappa shape index (κ1) is 12.8. The van der Waals surface area contributed by atoms with Crippen LogP contribution < -0.4 is 5.32 Å². The maximum Gasteiger partial charge on any atom is 0.0636 e. The molecule has 0 fully saturated rings. The average Bonchev–Trinajstić information content (AvgIpc) is 2.40. The molecule has 0 amide bonds. The van der Waals surface area contributed by atoms with Gasteiger partial charge in [0.1, 0.15) is 0 Å². The smallest absolute Gasteiger partial charge is 0.0636 e. The van der Waals surface area contributed by atoms with Crippen molar-refractivity contribution in [3.05, 3.63) is 60.2 Å². The number of aliphatic hydroxyl groups is 1. The Morgan fingerprint density at radius 2 is 1.72 bits per heavy atom. The van der Waals surface area contributed by atoms with Crippen LogP contribution in [0.3, 0.4) is 0 Å². The highest BCUT2D eigenvalue weighted by atomic mass is 16.3. The highest BCUT2D eigenvalue weighted by Gasteiger charge is 1.99. The van der Waals surface area contributed by atoms with Crippen LogP contribution in [0, 0.1) is 0 Å². The molecule has 0 spiro atoms. The summed E-state index contributed by atoms with van der Waals surface area (Å²) < 4.78 is 0. The molecule has 0 aliphatic carbocycles. The van der Waals surface area contributed by atoms with E-state index in [0.29, 0.717) is 6.54 Å². The van der Waals surface area contributed by atoms with Gasteiger partial charge in [0.15, 0.2) is 0 Å². The Hall–Kier alpha value is -1.64. The van der Waals surface area contributed by atoms with Gasteiger partial charge >= 0.3 is 0 Å². The van der Waals surface area contributed by atoms with E-state index in [9.17, 15) is 5.11 Å². The average molecular weight is 241 g/mol. The minimum absolute atomic E-state index is 0.303. The molecule has 0 aliphatic rings. The molecule has 1 unspecified atom stereocenters. The van der Waals surface area contributed by atoms with Gasteiger partial charge in [-0.2, -0.15) is 0 Å². The third-order valence-corrected chi connectivity index (χ3v) is 2.80. The van der Waals surface area contributed by atoms with Gasteiger partial charge in [-0.15, -0.1) is 0 Å². The summed E-state index contributed by atoms with van der Waals surface area (Å²) in [5, 5.41) is 12.4. The zero-order chi connectivity index (χ0) is 12.8. The second-order valence-corrected chi connectivity index (χ2v) is 4.55. The van der Waals surface area contributed by atoms with Crippen molar-refractivity contribution < 1.29 is 5.11 Å². The molecule has 0 heterocycles. The van der Waals surface area contributed by atoms with Gasteiger partial charge in [0, 0.05) is 13.1 Å². The van der Waals surface area contributed by atoms with E-state index < -0.39 is 0 Å². The third kappa shape index (κ3) is 3.69. The van der Waals surface area contributed by atoms with E-state index >= 15 is 0 Å². The van der Waals surface area contributed by atoms with Gasteiger partial charge in [0.2, 0.25) is 0 Å². The second kappa shape index (κ2) is 6.34. The Kier molecular flexibility index (Phi) is 4.51. The molecule has 2 heteroatoms. The predicted molar refractivity (Wildman–Crippen MR) is 75.3 cm³/mol. The van der Waals surface area contributed by atoms with Crippen LogP contribution in [0.1, 0.15) is 12.5 Å². The molecular formula is C16H19NO. The summed E-state index contributed by atoms with van der Waals surface area (Å²) in [7, 11) is 0. The molecule has 0 saturated heterocycles. The minimum atomic E-state index is -0.303. The van der Waals surface area contributed by atoms with Crippen molar-refractivity contribution in [3.63, 3.8) is 0 Å². The fourth-order valence-electron chi connectivity index (χ4n) is 1.92. The van der Waals surface area contributed by atoms with Crippen molar-refractivity contribution in [3.8, 4) is 11.1 Å². The van der Waals surface area contributed by atoms with Crippen LogP contribution >= 0.6 is 0 Å². The summed E-state index contributed by atoms with van der Waals surface area (Å²) >= 11 is 0. The molecular weight excluding hydrogens is 222 g/mol. The fraction of sp³-hybridized carbons (Fsp3) is 0.250. The van der Waals surface area contributed by atoms with E-state index in [1.54, 1.807) is 6.92 Å². The number of benzene rings is 2. The Morgan fingerprint density at radius 3 is 2.44 bits per heavy atom. The van der Waals surface area contributed by atoms with E-state index in [0.717, 1.165) is 6.54 Å². The number of nitrogens with one attached hydrogen (secondary N) is 1. The van der Waals surface area contributed by atoms with E-state index in [-0.39, 0.29) is 6.10 Å². The van der Waals surface area contributed by atoms with Crippen molar-refractivity contribution in [2.24, 2.45) is 0 Å². The lowest BCUT2D eigenvalue weighted by Gasteiger charge is -2.08. The molecule has 0 radical (unpaired) electrons. The van der Waals surface area contributed by atoms with Crippen molar-refractivity contribution in [2.45, 2.75) is 19.6 Å².